The standard InChI is InChI=1S/C4H7N3O/c1-3(5)4-6-2-8-7-4/h2-3H,5H2,1H3. The molecule has 1 heterocycles. The Morgan fingerprint density at radius 3 is 2.88 bits per heavy atom. The second kappa shape index (κ2) is 1.92. The monoisotopic (exact) mass is 113 g/mol. The van der Waals surface area contributed by atoms with Crippen molar-refractivity contribution in [1.29, 1.82) is 0 Å². The van der Waals surface area contributed by atoms with Gasteiger partial charge in [0.1, 0.15) is 0 Å². The third-order valence-electron chi connectivity index (χ3n) is 0.786. The van der Waals surface area contributed by atoms with Gasteiger partial charge in [0, 0.05) is 0 Å². The summed E-state index contributed by atoms with van der Waals surface area (Å²) in [5, 5.41) is 3.50. The van der Waals surface area contributed by atoms with E-state index in [1.807, 2.05) is 0 Å². The largest absolute Gasteiger partial charge is 0.343 e. The molecule has 1 atom stereocenters. The molecule has 4 nitrogen and oxygen atoms in total. The molecule has 1 rings (SSSR count). The van der Waals surface area contributed by atoms with Crippen molar-refractivity contribution in [2.45, 2.75) is 13.0 Å². The molecule has 0 amide bonds. The van der Waals surface area contributed by atoms with Crippen molar-refractivity contribution in [3.05, 3.63) is 12.2 Å². The Kier molecular flexibility index (Phi) is 1.26. The lowest BCUT2D eigenvalue weighted by molar-refractivity contribution is 0.406. The van der Waals surface area contributed by atoms with Crippen LogP contribution in [0, 0.1) is 0 Å². The Morgan fingerprint density at radius 1 is 1.88 bits per heavy atom. The average molecular weight is 113 g/mol. The first kappa shape index (κ1) is 5.24. The fourth-order valence-electron chi connectivity index (χ4n) is 0.379. The van der Waals surface area contributed by atoms with Crippen LogP contribution in [-0.2, 0) is 0 Å². The fraction of sp³-hybridized carbons (Fsp3) is 0.500. The van der Waals surface area contributed by atoms with Crippen molar-refractivity contribution >= 4 is 0 Å². The van der Waals surface area contributed by atoms with E-state index < -0.39 is 0 Å². The molecule has 2 N–H and O–H groups in total. The van der Waals surface area contributed by atoms with Crippen molar-refractivity contribution < 1.29 is 4.52 Å². The molecule has 0 fully saturated rings. The lowest BCUT2D eigenvalue weighted by Crippen LogP contribution is -2.06. The SMILES string of the molecule is CC(N)c1ncon1. The minimum Gasteiger partial charge on any atom is -0.343 e. The molecule has 0 aliphatic heterocycles. The van der Waals surface area contributed by atoms with Crippen LogP contribution in [0.3, 0.4) is 0 Å². The number of hydrogen-bond donors (Lipinski definition) is 1. The summed E-state index contributed by atoms with van der Waals surface area (Å²) >= 11 is 0. The van der Waals surface area contributed by atoms with Crippen LogP contribution in [0.15, 0.2) is 10.9 Å². The molecule has 8 heavy (non-hydrogen) atoms. The number of nitrogens with zero attached hydrogens (tertiary/aromatic N) is 2. The number of hydrogen-bond acceptors (Lipinski definition) is 4. The molecule has 0 spiro atoms. The minimum absolute atomic E-state index is 0.131. The quantitative estimate of drug-likeness (QED) is 0.560. The lowest BCUT2D eigenvalue weighted by Gasteiger charge is -1.91. The van der Waals surface area contributed by atoms with Crippen LogP contribution in [-0.4, -0.2) is 10.1 Å². The van der Waals surface area contributed by atoms with E-state index in [0.29, 0.717) is 5.82 Å². The highest BCUT2D eigenvalue weighted by Gasteiger charge is 2.01. The van der Waals surface area contributed by atoms with Crippen LogP contribution in [0.25, 0.3) is 0 Å². The maximum Gasteiger partial charge on any atom is 0.213 e. The minimum atomic E-state index is -0.131. The van der Waals surface area contributed by atoms with E-state index in [1.165, 1.54) is 6.39 Å². The topological polar surface area (TPSA) is 64.9 Å². The van der Waals surface area contributed by atoms with Crippen LogP contribution in [0.4, 0.5) is 0 Å². The molecule has 0 aliphatic rings. The summed E-state index contributed by atoms with van der Waals surface area (Å²) in [6.45, 7) is 1.80. The third-order valence-corrected chi connectivity index (χ3v) is 0.786. The lowest BCUT2D eigenvalue weighted by atomic mass is 10.4. The Labute approximate surface area is 46.7 Å². The number of nitrogens with two attached hydrogens (primary N) is 1. The predicted octanol–water partition coefficient (Wildman–Crippen LogP) is 0.0893. The van der Waals surface area contributed by atoms with Gasteiger partial charge in [-0.15, -0.1) is 0 Å². The van der Waals surface area contributed by atoms with E-state index in [0.717, 1.165) is 0 Å². The van der Waals surface area contributed by atoms with Gasteiger partial charge < -0.3 is 10.3 Å². The van der Waals surface area contributed by atoms with Gasteiger partial charge in [-0.05, 0) is 6.92 Å². The van der Waals surface area contributed by atoms with E-state index >= 15 is 0 Å². The molecule has 44 valence electrons. The highest BCUT2D eigenvalue weighted by Crippen LogP contribution is 1.98. The van der Waals surface area contributed by atoms with Crippen LogP contribution in [0.2, 0.25) is 0 Å². The summed E-state index contributed by atoms with van der Waals surface area (Å²) in [7, 11) is 0. The first-order valence-electron chi connectivity index (χ1n) is 2.32. The van der Waals surface area contributed by atoms with Gasteiger partial charge in [0.25, 0.3) is 0 Å². The van der Waals surface area contributed by atoms with Gasteiger partial charge in [0.05, 0.1) is 6.04 Å². The first-order valence-corrected chi connectivity index (χ1v) is 2.32. The molecule has 0 saturated heterocycles. The Bertz CT molecular complexity index is 146. The molecular formula is C4H7N3O. The second-order valence-electron chi connectivity index (χ2n) is 1.58. The highest BCUT2D eigenvalue weighted by molar-refractivity contribution is 4.83. The summed E-state index contributed by atoms with van der Waals surface area (Å²) in [4.78, 5) is 3.71. The average Bonchev–Trinajstić information content (AvgIpc) is 2.12. The number of rotatable bonds is 1. The van der Waals surface area contributed by atoms with E-state index in [1.54, 1.807) is 6.92 Å². The van der Waals surface area contributed by atoms with Crippen molar-refractivity contribution in [3.63, 3.8) is 0 Å². The van der Waals surface area contributed by atoms with Crippen molar-refractivity contribution in [2.24, 2.45) is 5.73 Å². The molecule has 0 radical (unpaired) electrons. The molecule has 0 aromatic carbocycles. The molecule has 0 saturated carbocycles. The van der Waals surface area contributed by atoms with E-state index in [2.05, 4.69) is 14.7 Å². The van der Waals surface area contributed by atoms with Crippen LogP contribution >= 0.6 is 0 Å². The molecule has 0 aliphatic carbocycles. The molecule has 1 aromatic heterocycles. The summed E-state index contributed by atoms with van der Waals surface area (Å²) < 4.78 is 4.43. The normalized spacial score (nSPS) is 13.8. The summed E-state index contributed by atoms with van der Waals surface area (Å²) in [5.41, 5.74) is 5.37. The van der Waals surface area contributed by atoms with Gasteiger partial charge in [-0.2, -0.15) is 4.98 Å². The zero-order valence-electron chi connectivity index (χ0n) is 4.53. The Balaban J connectivity index is 2.77. The van der Waals surface area contributed by atoms with Crippen molar-refractivity contribution in [3.8, 4) is 0 Å². The molecule has 0 bridgehead atoms. The maximum absolute atomic E-state index is 5.37. The zero-order valence-corrected chi connectivity index (χ0v) is 4.53. The Hall–Kier alpha value is -0.900. The molecule has 1 aromatic rings. The van der Waals surface area contributed by atoms with Gasteiger partial charge in [-0.25, -0.2) is 0 Å². The molecule has 1 unspecified atom stereocenters. The molecular weight excluding hydrogens is 106 g/mol. The van der Waals surface area contributed by atoms with Gasteiger partial charge in [0.15, 0.2) is 5.82 Å². The van der Waals surface area contributed by atoms with Crippen molar-refractivity contribution in [1.82, 2.24) is 10.1 Å². The van der Waals surface area contributed by atoms with Crippen LogP contribution in [0.5, 0.6) is 0 Å². The first-order chi connectivity index (χ1) is 3.80. The third kappa shape index (κ3) is 0.840. The summed E-state index contributed by atoms with van der Waals surface area (Å²) in [6, 6.07) is -0.131. The smallest absolute Gasteiger partial charge is 0.213 e. The summed E-state index contributed by atoms with van der Waals surface area (Å²) in [6.07, 6.45) is 1.26. The fourth-order valence-corrected chi connectivity index (χ4v) is 0.379. The van der Waals surface area contributed by atoms with Crippen LogP contribution in [0.1, 0.15) is 18.8 Å². The van der Waals surface area contributed by atoms with Gasteiger partial charge >= 0.3 is 0 Å². The summed E-state index contributed by atoms with van der Waals surface area (Å²) in [5.74, 6) is 0.546. The Morgan fingerprint density at radius 2 is 2.62 bits per heavy atom. The number of aromatic nitrogens is 2. The van der Waals surface area contributed by atoms with E-state index in [-0.39, 0.29) is 6.04 Å². The second-order valence-corrected chi connectivity index (χ2v) is 1.58. The van der Waals surface area contributed by atoms with E-state index in [9.17, 15) is 0 Å². The van der Waals surface area contributed by atoms with Crippen LogP contribution < -0.4 is 5.73 Å². The predicted molar refractivity (Wildman–Crippen MR) is 26.9 cm³/mol. The van der Waals surface area contributed by atoms with Gasteiger partial charge in [-0.3, -0.25) is 0 Å². The molecule has 4 heteroatoms. The van der Waals surface area contributed by atoms with Gasteiger partial charge in [0.2, 0.25) is 6.39 Å². The van der Waals surface area contributed by atoms with Gasteiger partial charge in [-0.1, -0.05) is 5.16 Å². The van der Waals surface area contributed by atoms with Crippen molar-refractivity contribution in [2.75, 3.05) is 0 Å². The van der Waals surface area contributed by atoms with E-state index in [4.69, 9.17) is 5.73 Å². The highest BCUT2D eigenvalue weighted by atomic mass is 16.5. The maximum atomic E-state index is 5.37. The zero-order chi connectivity index (χ0) is 5.98.